The molecule has 1 N–H and O–H groups in total. The molecule has 0 saturated carbocycles. The minimum absolute atomic E-state index is 0.300. The zero-order valence-electron chi connectivity index (χ0n) is 14.5. The molecule has 0 aliphatic carbocycles. The number of halogens is 2. The van der Waals surface area contributed by atoms with Crippen molar-refractivity contribution in [1.82, 2.24) is 4.90 Å². The van der Waals surface area contributed by atoms with Crippen molar-refractivity contribution in [3.05, 3.63) is 65.2 Å². The van der Waals surface area contributed by atoms with Crippen LogP contribution in [0, 0.1) is 17.6 Å². The predicted octanol–water partition coefficient (Wildman–Crippen LogP) is 3.86. The Kier molecular flexibility index (Phi) is 5.52. The van der Waals surface area contributed by atoms with Gasteiger partial charge in [-0.1, -0.05) is 24.3 Å². The van der Waals surface area contributed by atoms with Crippen molar-refractivity contribution in [2.45, 2.75) is 18.9 Å². The van der Waals surface area contributed by atoms with Gasteiger partial charge in [-0.3, -0.25) is 9.69 Å². The Bertz CT molecular complexity index is 796. The van der Waals surface area contributed by atoms with Crippen LogP contribution in [-0.4, -0.2) is 36.2 Å². The van der Waals surface area contributed by atoms with E-state index in [1.807, 2.05) is 23.1 Å². The highest BCUT2D eigenvalue weighted by atomic mass is 19.1. The van der Waals surface area contributed by atoms with Crippen molar-refractivity contribution in [3.8, 4) is 5.75 Å². The number of piperidine rings is 1. The fourth-order valence-corrected chi connectivity index (χ4v) is 3.62. The Morgan fingerprint density at radius 3 is 2.69 bits per heavy atom. The van der Waals surface area contributed by atoms with Crippen LogP contribution in [0.3, 0.4) is 0 Å². The lowest BCUT2D eigenvalue weighted by Gasteiger charge is -2.38. The fourth-order valence-electron chi connectivity index (χ4n) is 3.62. The lowest BCUT2D eigenvalue weighted by atomic mass is 9.90. The Labute approximate surface area is 151 Å². The maximum atomic E-state index is 14.6. The molecule has 26 heavy (non-hydrogen) atoms. The number of hydrogen-bond acceptors (Lipinski definition) is 3. The molecule has 0 amide bonds. The largest absolute Gasteiger partial charge is 0.496 e. The number of aliphatic carboxylic acids is 1. The van der Waals surface area contributed by atoms with Crippen molar-refractivity contribution in [2.75, 3.05) is 20.2 Å². The summed E-state index contributed by atoms with van der Waals surface area (Å²) in [5, 5.41) is 9.40. The first-order chi connectivity index (χ1) is 12.5. The summed E-state index contributed by atoms with van der Waals surface area (Å²) in [6, 6.07) is 10.2. The van der Waals surface area contributed by atoms with Gasteiger partial charge in [0.1, 0.15) is 17.4 Å². The quantitative estimate of drug-likeness (QED) is 0.879. The molecule has 6 heteroatoms. The topological polar surface area (TPSA) is 49.8 Å². The number of carboxylic acids is 1. The Morgan fingerprint density at radius 1 is 1.23 bits per heavy atom. The van der Waals surface area contributed by atoms with E-state index < -0.39 is 29.6 Å². The van der Waals surface area contributed by atoms with E-state index >= 15 is 0 Å². The van der Waals surface area contributed by atoms with Gasteiger partial charge in [-0.25, -0.2) is 8.78 Å². The zero-order valence-corrected chi connectivity index (χ0v) is 14.5. The number of carboxylic acid groups (broad SMARTS) is 1. The summed E-state index contributed by atoms with van der Waals surface area (Å²) < 4.78 is 33.5. The third-order valence-corrected chi connectivity index (χ3v) is 4.86. The monoisotopic (exact) mass is 361 g/mol. The van der Waals surface area contributed by atoms with Gasteiger partial charge < -0.3 is 9.84 Å². The summed E-state index contributed by atoms with van der Waals surface area (Å²) in [5.41, 5.74) is 1.04. The molecule has 2 atom stereocenters. The van der Waals surface area contributed by atoms with E-state index in [4.69, 9.17) is 4.74 Å². The van der Waals surface area contributed by atoms with E-state index in [2.05, 4.69) is 0 Å². The average Bonchev–Trinajstić information content (AvgIpc) is 2.64. The van der Waals surface area contributed by atoms with Crippen molar-refractivity contribution in [3.63, 3.8) is 0 Å². The molecule has 138 valence electrons. The van der Waals surface area contributed by atoms with Crippen LogP contribution in [0.4, 0.5) is 8.78 Å². The molecule has 0 radical (unpaired) electrons. The van der Waals surface area contributed by atoms with E-state index in [1.165, 1.54) is 19.2 Å². The number of nitrogens with zero attached hydrogens (tertiary/aromatic N) is 1. The van der Waals surface area contributed by atoms with Gasteiger partial charge in [0.15, 0.2) is 0 Å². The lowest BCUT2D eigenvalue weighted by Crippen LogP contribution is -2.41. The number of rotatable bonds is 5. The Balaban J connectivity index is 2.08. The summed E-state index contributed by atoms with van der Waals surface area (Å²) in [6.07, 6.45) is 1.29. The molecule has 0 bridgehead atoms. The third-order valence-electron chi connectivity index (χ3n) is 4.86. The van der Waals surface area contributed by atoms with Crippen LogP contribution in [0.2, 0.25) is 0 Å². The van der Waals surface area contributed by atoms with Crippen LogP contribution in [0.1, 0.15) is 30.0 Å². The SMILES string of the molecule is COc1ccccc1C(c1ccc(F)cc1F)N1CCCC(C(=O)O)C1. The van der Waals surface area contributed by atoms with Gasteiger partial charge in [-0.15, -0.1) is 0 Å². The normalized spacial score (nSPS) is 19.1. The fraction of sp³-hybridized carbons (Fsp3) is 0.350. The summed E-state index contributed by atoms with van der Waals surface area (Å²) >= 11 is 0. The van der Waals surface area contributed by atoms with Gasteiger partial charge in [-0.05, 0) is 31.5 Å². The van der Waals surface area contributed by atoms with Crippen molar-refractivity contribution in [2.24, 2.45) is 5.92 Å². The molecular weight excluding hydrogens is 340 g/mol. The minimum atomic E-state index is -0.854. The molecule has 0 spiro atoms. The molecule has 3 rings (SSSR count). The van der Waals surface area contributed by atoms with E-state index in [9.17, 15) is 18.7 Å². The highest BCUT2D eigenvalue weighted by Crippen LogP contribution is 2.38. The van der Waals surface area contributed by atoms with Crippen LogP contribution in [0.15, 0.2) is 42.5 Å². The number of carbonyl (C=O) groups is 1. The first kappa shape index (κ1) is 18.3. The highest BCUT2D eigenvalue weighted by molar-refractivity contribution is 5.70. The molecular formula is C20H21F2NO3. The average molecular weight is 361 g/mol. The molecule has 1 aliphatic rings. The lowest BCUT2D eigenvalue weighted by molar-refractivity contribution is -0.143. The van der Waals surface area contributed by atoms with Crippen molar-refractivity contribution >= 4 is 5.97 Å². The first-order valence-electron chi connectivity index (χ1n) is 8.56. The molecule has 1 fully saturated rings. The molecule has 1 heterocycles. The Morgan fingerprint density at radius 2 is 2.00 bits per heavy atom. The van der Waals surface area contributed by atoms with Gasteiger partial charge in [-0.2, -0.15) is 0 Å². The standard InChI is InChI=1S/C20H21F2NO3/c1-26-18-7-3-2-6-16(18)19(15-9-8-14(21)11-17(15)22)23-10-4-5-13(12-23)20(24)25/h2-3,6-9,11,13,19H,4-5,10,12H2,1H3,(H,24,25). The first-order valence-corrected chi connectivity index (χ1v) is 8.56. The minimum Gasteiger partial charge on any atom is -0.496 e. The van der Waals surface area contributed by atoms with Crippen LogP contribution in [0.25, 0.3) is 0 Å². The van der Waals surface area contributed by atoms with Gasteiger partial charge in [0.05, 0.1) is 19.1 Å². The molecule has 2 aromatic carbocycles. The highest BCUT2D eigenvalue weighted by Gasteiger charge is 2.33. The summed E-state index contributed by atoms with van der Waals surface area (Å²) in [6.45, 7) is 0.929. The number of ether oxygens (including phenoxy) is 1. The third kappa shape index (κ3) is 3.70. The second-order valence-electron chi connectivity index (χ2n) is 6.48. The Hall–Kier alpha value is -2.47. The number of benzene rings is 2. The second kappa shape index (κ2) is 7.83. The molecule has 2 unspecified atom stereocenters. The van der Waals surface area contributed by atoms with Crippen molar-refractivity contribution in [1.29, 1.82) is 0 Å². The predicted molar refractivity (Wildman–Crippen MR) is 93.1 cm³/mol. The van der Waals surface area contributed by atoms with Crippen molar-refractivity contribution < 1.29 is 23.4 Å². The number of hydrogen-bond donors (Lipinski definition) is 1. The van der Waals surface area contributed by atoms with Gasteiger partial charge >= 0.3 is 5.97 Å². The summed E-state index contributed by atoms with van der Waals surface area (Å²) in [7, 11) is 1.53. The molecule has 2 aromatic rings. The van der Waals surface area contributed by atoms with Gasteiger partial charge in [0.25, 0.3) is 0 Å². The smallest absolute Gasteiger partial charge is 0.307 e. The number of likely N-dealkylation sites (tertiary alicyclic amines) is 1. The van der Waals surface area contributed by atoms with Gasteiger partial charge in [0, 0.05) is 23.7 Å². The number of methoxy groups -OCH3 is 1. The summed E-state index contributed by atoms with van der Waals surface area (Å²) in [4.78, 5) is 13.4. The maximum Gasteiger partial charge on any atom is 0.307 e. The molecule has 0 aromatic heterocycles. The molecule has 4 nitrogen and oxygen atoms in total. The molecule has 1 aliphatic heterocycles. The van der Waals surface area contributed by atoms with E-state index in [-0.39, 0.29) is 0 Å². The summed E-state index contributed by atoms with van der Waals surface area (Å²) in [5.74, 6) is -2.08. The van der Waals surface area contributed by atoms with Crippen LogP contribution < -0.4 is 4.74 Å². The molecule has 1 saturated heterocycles. The number of para-hydroxylation sites is 1. The van der Waals surface area contributed by atoms with Gasteiger partial charge in [0.2, 0.25) is 0 Å². The zero-order chi connectivity index (χ0) is 18.7. The maximum absolute atomic E-state index is 14.6. The van der Waals surface area contributed by atoms with Crippen LogP contribution in [0.5, 0.6) is 5.75 Å². The van der Waals surface area contributed by atoms with Crippen LogP contribution >= 0.6 is 0 Å². The second-order valence-corrected chi connectivity index (χ2v) is 6.48. The van der Waals surface area contributed by atoms with Crippen LogP contribution in [-0.2, 0) is 4.79 Å². The van der Waals surface area contributed by atoms with E-state index in [1.54, 1.807) is 6.07 Å². The van der Waals surface area contributed by atoms with E-state index in [0.29, 0.717) is 37.2 Å². The van der Waals surface area contributed by atoms with E-state index in [0.717, 1.165) is 11.6 Å².